The number of amides is 1. The van der Waals surface area contributed by atoms with E-state index in [1.54, 1.807) is 6.07 Å². The average Bonchev–Trinajstić information content (AvgIpc) is 2.53. The molecule has 1 aromatic rings. The number of carboxylic acids is 1. The van der Waals surface area contributed by atoms with E-state index in [9.17, 15) is 19.7 Å². The van der Waals surface area contributed by atoms with Crippen LogP contribution in [0.1, 0.15) is 0 Å². The zero-order chi connectivity index (χ0) is 17.4. The molecule has 1 amide bonds. The van der Waals surface area contributed by atoms with Crippen molar-refractivity contribution in [3.05, 3.63) is 40.1 Å². The molecule has 0 aromatic heterocycles. The van der Waals surface area contributed by atoms with Crippen molar-refractivity contribution in [3.8, 4) is 11.8 Å². The van der Waals surface area contributed by atoms with E-state index in [0.717, 1.165) is 6.20 Å². The van der Waals surface area contributed by atoms with Gasteiger partial charge in [-0.2, -0.15) is 5.26 Å². The molecule has 0 spiro atoms. The van der Waals surface area contributed by atoms with Crippen LogP contribution in [0.3, 0.4) is 0 Å². The third-order valence-corrected chi connectivity index (χ3v) is 2.53. The Balaban J connectivity index is 2.98. The van der Waals surface area contributed by atoms with E-state index in [-0.39, 0.29) is 17.1 Å². The van der Waals surface area contributed by atoms with Gasteiger partial charge in [0.25, 0.3) is 11.6 Å². The molecule has 1 rings (SSSR count). The Morgan fingerprint density at radius 1 is 1.52 bits per heavy atom. The van der Waals surface area contributed by atoms with Crippen LogP contribution in [0.2, 0.25) is 0 Å². The van der Waals surface area contributed by atoms with Crippen LogP contribution in [0.25, 0.3) is 0 Å². The highest BCUT2D eigenvalue weighted by Crippen LogP contribution is 2.28. The van der Waals surface area contributed by atoms with Crippen molar-refractivity contribution in [2.45, 2.75) is 0 Å². The Morgan fingerprint density at radius 3 is 2.74 bits per heavy atom. The lowest BCUT2D eigenvalue weighted by Gasteiger charge is -2.08. The van der Waals surface area contributed by atoms with E-state index in [0.29, 0.717) is 0 Å². The second-order valence-corrected chi connectivity index (χ2v) is 4.03. The molecule has 0 saturated carbocycles. The van der Waals surface area contributed by atoms with E-state index in [1.165, 1.54) is 25.3 Å². The second kappa shape index (κ2) is 7.99. The summed E-state index contributed by atoms with van der Waals surface area (Å²) in [5, 5.41) is 32.7. The fourth-order valence-electron chi connectivity index (χ4n) is 1.47. The van der Waals surface area contributed by atoms with Gasteiger partial charge < -0.3 is 20.5 Å². The van der Waals surface area contributed by atoms with E-state index in [2.05, 4.69) is 5.32 Å². The van der Waals surface area contributed by atoms with Crippen molar-refractivity contribution >= 4 is 23.3 Å². The minimum absolute atomic E-state index is 0.167. The SMILES string of the molecule is COc1ccc([N+](=O)[O-])cc1N/C=C(/C#N)C(=O)NCC(=O)O. The van der Waals surface area contributed by atoms with Crippen molar-refractivity contribution < 1.29 is 24.4 Å². The number of anilines is 1. The molecule has 0 bridgehead atoms. The molecule has 10 heteroatoms. The van der Waals surface area contributed by atoms with Gasteiger partial charge in [-0.25, -0.2) is 0 Å². The zero-order valence-corrected chi connectivity index (χ0v) is 11.9. The van der Waals surface area contributed by atoms with Crippen molar-refractivity contribution in [3.63, 3.8) is 0 Å². The van der Waals surface area contributed by atoms with Gasteiger partial charge in [-0.1, -0.05) is 0 Å². The first-order valence-electron chi connectivity index (χ1n) is 6.08. The Hall–Kier alpha value is -3.61. The Kier molecular flexibility index (Phi) is 6.06. The maximum absolute atomic E-state index is 11.6. The molecule has 23 heavy (non-hydrogen) atoms. The summed E-state index contributed by atoms with van der Waals surface area (Å²) >= 11 is 0. The Labute approximate surface area is 130 Å². The fraction of sp³-hybridized carbons (Fsp3) is 0.154. The first kappa shape index (κ1) is 17.4. The predicted octanol–water partition coefficient (Wildman–Crippen LogP) is 0.624. The maximum atomic E-state index is 11.6. The third kappa shape index (κ3) is 5.01. The van der Waals surface area contributed by atoms with Gasteiger partial charge in [-0.05, 0) is 6.07 Å². The monoisotopic (exact) mass is 320 g/mol. The highest BCUT2D eigenvalue weighted by Gasteiger charge is 2.13. The maximum Gasteiger partial charge on any atom is 0.322 e. The first-order valence-corrected chi connectivity index (χ1v) is 6.08. The number of methoxy groups -OCH3 is 1. The predicted molar refractivity (Wildman–Crippen MR) is 77.6 cm³/mol. The normalized spacial score (nSPS) is 10.3. The van der Waals surface area contributed by atoms with Gasteiger partial charge in [0.1, 0.15) is 23.9 Å². The fourth-order valence-corrected chi connectivity index (χ4v) is 1.47. The molecule has 0 aliphatic carbocycles. The summed E-state index contributed by atoms with van der Waals surface area (Å²) in [5.41, 5.74) is -0.448. The molecule has 0 aliphatic rings. The number of carbonyl (C=O) groups excluding carboxylic acids is 1. The number of benzene rings is 1. The van der Waals surface area contributed by atoms with Gasteiger partial charge in [-0.3, -0.25) is 19.7 Å². The van der Waals surface area contributed by atoms with Crippen LogP contribution in [0.4, 0.5) is 11.4 Å². The molecular formula is C13H12N4O6. The zero-order valence-electron chi connectivity index (χ0n) is 11.9. The second-order valence-electron chi connectivity index (χ2n) is 4.03. The molecular weight excluding hydrogens is 308 g/mol. The van der Waals surface area contributed by atoms with Crippen molar-refractivity contribution in [1.82, 2.24) is 5.32 Å². The number of nitriles is 1. The highest BCUT2D eigenvalue weighted by atomic mass is 16.6. The highest BCUT2D eigenvalue weighted by molar-refractivity contribution is 5.98. The number of carboxylic acid groups (broad SMARTS) is 1. The van der Waals surface area contributed by atoms with Gasteiger partial charge in [0.2, 0.25) is 0 Å². The number of non-ortho nitro benzene ring substituents is 1. The van der Waals surface area contributed by atoms with Gasteiger partial charge >= 0.3 is 5.97 Å². The van der Waals surface area contributed by atoms with Crippen molar-refractivity contribution in [2.24, 2.45) is 0 Å². The number of carbonyl (C=O) groups is 2. The first-order chi connectivity index (χ1) is 10.9. The molecule has 120 valence electrons. The molecule has 0 heterocycles. The summed E-state index contributed by atoms with van der Waals surface area (Å²) in [5.74, 6) is -1.90. The Morgan fingerprint density at radius 2 is 2.22 bits per heavy atom. The minimum atomic E-state index is -1.26. The third-order valence-electron chi connectivity index (χ3n) is 2.53. The summed E-state index contributed by atoms with van der Waals surface area (Å²) in [4.78, 5) is 32.1. The number of hydrogen-bond donors (Lipinski definition) is 3. The molecule has 1 aromatic carbocycles. The van der Waals surface area contributed by atoms with Crippen LogP contribution in [-0.2, 0) is 9.59 Å². The molecule has 10 nitrogen and oxygen atoms in total. The smallest absolute Gasteiger partial charge is 0.322 e. The number of nitrogens with zero attached hydrogens (tertiary/aromatic N) is 2. The molecule has 0 unspecified atom stereocenters. The standard InChI is InChI=1S/C13H12N4O6/c1-23-11-3-2-9(17(21)22)4-10(11)15-6-8(5-14)13(20)16-7-12(18)19/h2-4,6,15H,7H2,1H3,(H,16,20)(H,18,19)/b8-6-. The number of rotatable bonds is 7. The average molecular weight is 320 g/mol. The van der Waals surface area contributed by atoms with Crippen LogP contribution < -0.4 is 15.4 Å². The van der Waals surface area contributed by atoms with Gasteiger partial charge in [0.05, 0.1) is 17.7 Å². The summed E-state index contributed by atoms with van der Waals surface area (Å²) in [7, 11) is 1.35. The van der Waals surface area contributed by atoms with Crippen LogP contribution in [-0.4, -0.2) is 35.6 Å². The van der Waals surface area contributed by atoms with Crippen LogP contribution in [0, 0.1) is 21.4 Å². The number of hydrogen-bond acceptors (Lipinski definition) is 7. The molecule has 0 saturated heterocycles. The topological polar surface area (TPSA) is 155 Å². The van der Waals surface area contributed by atoms with Crippen molar-refractivity contribution in [2.75, 3.05) is 19.0 Å². The number of ether oxygens (including phenoxy) is 1. The van der Waals surface area contributed by atoms with E-state index in [4.69, 9.17) is 15.1 Å². The van der Waals surface area contributed by atoms with Crippen LogP contribution >= 0.6 is 0 Å². The lowest BCUT2D eigenvalue weighted by atomic mass is 10.2. The quantitative estimate of drug-likeness (QED) is 0.286. The lowest BCUT2D eigenvalue weighted by molar-refractivity contribution is -0.384. The van der Waals surface area contributed by atoms with Crippen LogP contribution in [0.15, 0.2) is 30.0 Å². The molecule has 0 fully saturated rings. The van der Waals surface area contributed by atoms with E-state index >= 15 is 0 Å². The summed E-state index contributed by atoms with van der Waals surface area (Å²) in [6, 6.07) is 5.34. The van der Waals surface area contributed by atoms with Crippen LogP contribution in [0.5, 0.6) is 5.75 Å². The largest absolute Gasteiger partial charge is 0.495 e. The number of aliphatic carboxylic acids is 1. The molecule has 0 radical (unpaired) electrons. The number of nitro groups is 1. The van der Waals surface area contributed by atoms with Gasteiger partial charge in [0, 0.05) is 18.3 Å². The number of nitro benzene ring substituents is 1. The summed E-state index contributed by atoms with van der Waals surface area (Å²) in [6.45, 7) is -0.641. The number of nitrogens with one attached hydrogen (secondary N) is 2. The van der Waals surface area contributed by atoms with Gasteiger partial charge in [0.15, 0.2) is 0 Å². The van der Waals surface area contributed by atoms with E-state index < -0.39 is 28.9 Å². The van der Waals surface area contributed by atoms with Gasteiger partial charge in [-0.15, -0.1) is 0 Å². The molecule has 0 atom stereocenters. The minimum Gasteiger partial charge on any atom is -0.495 e. The van der Waals surface area contributed by atoms with Crippen molar-refractivity contribution in [1.29, 1.82) is 5.26 Å². The summed E-state index contributed by atoms with van der Waals surface area (Å²) in [6.07, 6.45) is 0.999. The summed E-state index contributed by atoms with van der Waals surface area (Å²) < 4.78 is 5.01. The Bertz CT molecular complexity index is 707. The molecule has 3 N–H and O–H groups in total. The lowest BCUT2D eigenvalue weighted by Crippen LogP contribution is -2.30. The van der Waals surface area contributed by atoms with E-state index in [1.807, 2.05) is 5.32 Å². The molecule has 0 aliphatic heterocycles.